The van der Waals surface area contributed by atoms with Gasteiger partial charge in [-0.05, 0) is 102 Å². The number of Topliss-reactive ketones (excluding diaryl/α,β-unsaturated/α-hetero) is 4. The molecule has 1 aromatic carbocycles. The van der Waals surface area contributed by atoms with Crippen LogP contribution in [0.5, 0.6) is 0 Å². The summed E-state index contributed by atoms with van der Waals surface area (Å²) in [5.74, 6) is -13.0. The van der Waals surface area contributed by atoms with Gasteiger partial charge in [0.2, 0.25) is 35.4 Å². The van der Waals surface area contributed by atoms with Gasteiger partial charge in [0.15, 0.2) is 17.3 Å². The topological polar surface area (TPSA) is 408 Å². The highest BCUT2D eigenvalue weighted by atomic mass is 16.3. The maximum atomic E-state index is 14.5. The first-order chi connectivity index (χ1) is 36.5. The number of amides is 6. The Hall–Kier alpha value is -5.56. The molecule has 0 aromatic heterocycles. The third-order valence-electron chi connectivity index (χ3n) is 14.5. The van der Waals surface area contributed by atoms with Gasteiger partial charge in [0, 0.05) is 56.5 Å². The van der Waals surface area contributed by atoms with Crippen LogP contribution in [0, 0.1) is 35.5 Å². The average molecular weight is 1090 g/mol. The Labute approximate surface area is 452 Å². The van der Waals surface area contributed by atoms with Gasteiger partial charge >= 0.3 is 0 Å². The molecule has 0 radical (unpaired) electrons. The molecule has 2 fully saturated rings. The van der Waals surface area contributed by atoms with Crippen molar-refractivity contribution < 1.29 is 63.3 Å². The average Bonchev–Trinajstić information content (AvgIpc) is 3.39. The van der Waals surface area contributed by atoms with Gasteiger partial charge < -0.3 is 70.2 Å². The molecule has 432 valence electrons. The molecule has 1 saturated heterocycles. The highest BCUT2D eigenvalue weighted by Crippen LogP contribution is 2.27. The number of nitrogens with two attached hydrogens (primary N) is 4. The molecule has 12 atom stereocenters. The van der Waals surface area contributed by atoms with E-state index in [1.54, 1.807) is 30.3 Å². The quantitative estimate of drug-likeness (QED) is 0.0611. The van der Waals surface area contributed by atoms with E-state index in [1.165, 1.54) is 13.8 Å². The molecule has 23 nitrogen and oxygen atoms in total. The molecule has 0 spiro atoms. The van der Waals surface area contributed by atoms with E-state index in [0.29, 0.717) is 18.4 Å². The summed E-state index contributed by atoms with van der Waals surface area (Å²) in [6.07, 6.45) is -3.01. The smallest absolute Gasteiger partial charge is 0.249 e. The highest BCUT2D eigenvalue weighted by Gasteiger charge is 2.38. The van der Waals surface area contributed by atoms with Crippen LogP contribution in [-0.2, 0) is 54.4 Å². The van der Waals surface area contributed by atoms with E-state index >= 15 is 0 Å². The normalized spacial score (nSPS) is 25.5. The van der Waals surface area contributed by atoms with Crippen LogP contribution in [0.3, 0.4) is 0 Å². The van der Waals surface area contributed by atoms with Crippen molar-refractivity contribution >= 4 is 58.6 Å². The van der Waals surface area contributed by atoms with Crippen LogP contribution in [0.1, 0.15) is 123 Å². The summed E-state index contributed by atoms with van der Waals surface area (Å²) in [5, 5.41) is 48.1. The van der Waals surface area contributed by atoms with Gasteiger partial charge in [0.25, 0.3) is 0 Å². The summed E-state index contributed by atoms with van der Waals surface area (Å²) in [4.78, 5) is 140. The van der Waals surface area contributed by atoms with Gasteiger partial charge in [-0.25, -0.2) is 0 Å². The zero-order chi connectivity index (χ0) is 57.4. The Morgan fingerprint density at radius 1 is 0.636 bits per heavy atom. The van der Waals surface area contributed by atoms with Crippen LogP contribution in [-0.4, -0.2) is 155 Å². The van der Waals surface area contributed by atoms with Gasteiger partial charge in [-0.2, -0.15) is 0 Å². The Balaban J connectivity index is 2.07. The molecule has 2 aliphatic rings. The highest BCUT2D eigenvalue weighted by molar-refractivity contribution is 5.99. The van der Waals surface area contributed by atoms with Crippen LogP contribution < -0.4 is 54.8 Å². The molecule has 1 aliphatic heterocycles. The number of ketones is 4. The standard InChI is InChI=1S/C54H88N10O13/c1-30(2)23-42-53(76)62-41(17-21-57)52(75)61-40(16-20-56)45(69)28-38(31(3)65)51(74)59-22-18-35(49(72)60-39(15-19-55)44(68)26-36(50(73)63-42)24-33-11-7-5-8-12-33)25-43(67)37(29-58)27-46(70)47(32(4)66)64-54(77)48(71)34-13-9-6-10-14-34/h5,7-8,11-12,30-32,34-42,47-48,65-66,71H,6,9-10,13-29,55-58H2,1-4H3,(H,59,74)(H,60,72)(H,61,75)(H,62,76)(H,63,73)(H,64,77)/t31?,32?,35-,36+,37+,38+,39+,40+,41+,42+,47+,48?/m1/s1. The van der Waals surface area contributed by atoms with Gasteiger partial charge in [-0.3, -0.25) is 47.9 Å². The minimum absolute atomic E-state index is 0.0245. The van der Waals surface area contributed by atoms with E-state index in [0.717, 1.165) is 19.3 Å². The van der Waals surface area contributed by atoms with Crippen molar-refractivity contribution in [3.63, 3.8) is 0 Å². The van der Waals surface area contributed by atoms with Crippen molar-refractivity contribution in [3.8, 4) is 0 Å². The fourth-order valence-corrected chi connectivity index (χ4v) is 9.91. The number of carbonyl (C=O) groups is 10. The summed E-state index contributed by atoms with van der Waals surface area (Å²) in [7, 11) is 0. The molecule has 6 amide bonds. The van der Waals surface area contributed by atoms with Crippen molar-refractivity contribution in [1.29, 1.82) is 0 Å². The number of aliphatic hydroxyl groups is 3. The van der Waals surface area contributed by atoms with Gasteiger partial charge in [-0.1, -0.05) is 63.4 Å². The minimum atomic E-state index is -1.51. The summed E-state index contributed by atoms with van der Waals surface area (Å²) >= 11 is 0. The molecular weight excluding hydrogens is 997 g/mol. The second-order valence-electron chi connectivity index (χ2n) is 21.3. The lowest BCUT2D eigenvalue weighted by Crippen LogP contribution is -2.57. The number of aliphatic hydroxyl groups excluding tert-OH is 3. The number of rotatable bonds is 22. The molecule has 1 aliphatic carbocycles. The molecule has 1 aromatic rings. The zero-order valence-electron chi connectivity index (χ0n) is 45.3. The van der Waals surface area contributed by atoms with Crippen LogP contribution in [0.25, 0.3) is 0 Å². The Morgan fingerprint density at radius 3 is 1.73 bits per heavy atom. The first-order valence-electron chi connectivity index (χ1n) is 27.3. The largest absolute Gasteiger partial charge is 0.393 e. The van der Waals surface area contributed by atoms with Gasteiger partial charge in [-0.15, -0.1) is 0 Å². The summed E-state index contributed by atoms with van der Waals surface area (Å²) in [6, 6.07) is 2.19. The molecule has 23 heteroatoms. The Bertz CT molecular complexity index is 2120. The van der Waals surface area contributed by atoms with E-state index in [2.05, 4.69) is 31.9 Å². The molecule has 3 unspecified atom stereocenters. The monoisotopic (exact) mass is 1080 g/mol. The first-order valence-corrected chi connectivity index (χ1v) is 27.3. The van der Waals surface area contributed by atoms with E-state index in [1.807, 2.05) is 13.8 Å². The number of hydrogen-bond acceptors (Lipinski definition) is 17. The van der Waals surface area contributed by atoms with Crippen molar-refractivity contribution in [3.05, 3.63) is 35.9 Å². The number of benzene rings is 1. The predicted molar refractivity (Wildman–Crippen MR) is 285 cm³/mol. The molecule has 1 heterocycles. The fourth-order valence-electron chi connectivity index (χ4n) is 9.91. The third-order valence-corrected chi connectivity index (χ3v) is 14.5. The second-order valence-corrected chi connectivity index (χ2v) is 21.3. The molecule has 77 heavy (non-hydrogen) atoms. The summed E-state index contributed by atoms with van der Waals surface area (Å²) < 4.78 is 0. The van der Waals surface area contributed by atoms with Crippen LogP contribution in [0.15, 0.2) is 30.3 Å². The van der Waals surface area contributed by atoms with Crippen LogP contribution >= 0.6 is 0 Å². The number of nitrogens with one attached hydrogen (secondary N) is 6. The second kappa shape index (κ2) is 33.7. The minimum Gasteiger partial charge on any atom is -0.393 e. The third kappa shape index (κ3) is 21.7. The van der Waals surface area contributed by atoms with E-state index in [9.17, 15) is 63.3 Å². The molecule has 17 N–H and O–H groups in total. The van der Waals surface area contributed by atoms with Crippen LogP contribution in [0.4, 0.5) is 0 Å². The predicted octanol–water partition coefficient (Wildman–Crippen LogP) is -1.77. The van der Waals surface area contributed by atoms with Crippen molar-refractivity contribution in [2.45, 2.75) is 173 Å². The van der Waals surface area contributed by atoms with E-state index < -0.39 is 163 Å². The lowest BCUT2D eigenvalue weighted by molar-refractivity contribution is -0.139. The van der Waals surface area contributed by atoms with Crippen LogP contribution in [0.2, 0.25) is 0 Å². The zero-order valence-corrected chi connectivity index (χ0v) is 45.3. The number of hydrogen-bond donors (Lipinski definition) is 13. The van der Waals surface area contributed by atoms with Gasteiger partial charge in [0.1, 0.15) is 30.0 Å². The summed E-state index contributed by atoms with van der Waals surface area (Å²) in [5.41, 5.74) is 24.5. The maximum Gasteiger partial charge on any atom is 0.249 e. The lowest BCUT2D eigenvalue weighted by atomic mass is 9.84. The van der Waals surface area contributed by atoms with Crippen molar-refractivity contribution in [1.82, 2.24) is 31.9 Å². The Kier molecular flexibility index (Phi) is 28.7. The van der Waals surface area contributed by atoms with Crippen molar-refractivity contribution in [2.24, 2.45) is 58.4 Å². The maximum absolute atomic E-state index is 14.5. The summed E-state index contributed by atoms with van der Waals surface area (Å²) in [6.45, 7) is 5.22. The number of carbonyl (C=O) groups excluding carboxylic acids is 10. The van der Waals surface area contributed by atoms with Gasteiger partial charge in [0.05, 0.1) is 30.2 Å². The lowest BCUT2D eigenvalue weighted by Gasteiger charge is -2.28. The molecule has 3 rings (SSSR count). The SMILES string of the molecule is CC(C)C[C@@H]1NC(=O)[C@@H](Cc2ccccc2)CC(=O)[C@H](CCN)NC(=O)[C@@H](CC(=O)[C@H](CN)CC(=O)[C@@H](NC(=O)C(O)C2CCCCC2)C(C)O)CCNC(=O)[C@H](C(C)O)CC(=O)[C@H](CCN)NC(=O)[C@H](CCN)NC1=O. The van der Waals surface area contributed by atoms with Crippen molar-refractivity contribution in [2.75, 3.05) is 32.7 Å². The molecular formula is C54H88N10O13. The fraction of sp³-hybridized carbons (Fsp3) is 0.704. The van der Waals surface area contributed by atoms with E-state index in [4.69, 9.17) is 22.9 Å². The molecule has 1 saturated carbocycles. The first kappa shape index (κ1) is 65.7. The Morgan fingerprint density at radius 2 is 1.17 bits per heavy atom. The molecule has 0 bridgehead atoms. The van der Waals surface area contributed by atoms with E-state index in [-0.39, 0.29) is 76.5 Å².